The summed E-state index contributed by atoms with van der Waals surface area (Å²) >= 11 is 10.8. The van der Waals surface area contributed by atoms with E-state index in [1.807, 2.05) is 6.92 Å². The fourth-order valence-corrected chi connectivity index (χ4v) is 0.463. The molecule has 1 radical (unpaired) electrons. The molecule has 0 aliphatic rings. The molecule has 0 fully saturated rings. The van der Waals surface area contributed by atoms with Gasteiger partial charge in [0.1, 0.15) is 0 Å². The van der Waals surface area contributed by atoms with Crippen LogP contribution in [0.1, 0.15) is 20.3 Å². The van der Waals surface area contributed by atoms with Crippen molar-refractivity contribution in [2.24, 2.45) is 5.92 Å². The quantitative estimate of drug-likeness (QED) is 0.553. The maximum absolute atomic E-state index is 5.41. The van der Waals surface area contributed by atoms with Gasteiger partial charge in [0, 0.05) is 0 Å². The van der Waals surface area contributed by atoms with E-state index in [1.165, 1.54) is 0 Å². The summed E-state index contributed by atoms with van der Waals surface area (Å²) in [5.41, 5.74) is 0. The molecule has 0 aromatic carbocycles. The van der Waals surface area contributed by atoms with Crippen LogP contribution in [0.25, 0.3) is 0 Å². The van der Waals surface area contributed by atoms with E-state index in [1.54, 1.807) is 0 Å². The molecule has 7 heavy (non-hydrogen) atoms. The molecule has 0 bridgehead atoms. The van der Waals surface area contributed by atoms with Gasteiger partial charge in [-0.1, -0.05) is 43.5 Å². The Balaban J connectivity index is 3.14. The average molecular weight is 140 g/mol. The average Bonchev–Trinajstić information content (AvgIpc) is 1.65. The maximum Gasteiger partial charge on any atom is 0.153 e. The minimum absolute atomic E-state index is 0.350. The molecule has 0 saturated carbocycles. The van der Waals surface area contributed by atoms with Gasteiger partial charge in [0.25, 0.3) is 0 Å². The van der Waals surface area contributed by atoms with Crippen LogP contribution in [-0.2, 0) is 0 Å². The second-order valence-corrected chi connectivity index (χ2v) is 2.61. The van der Waals surface area contributed by atoms with Crippen molar-refractivity contribution in [1.82, 2.24) is 0 Å². The Kier molecular flexibility index (Phi) is 3.86. The Labute approximate surface area is 54.8 Å². The predicted octanol–water partition coefficient (Wildman–Crippen LogP) is 3.00. The van der Waals surface area contributed by atoms with Gasteiger partial charge >= 0.3 is 0 Å². The van der Waals surface area contributed by atoms with Crippen molar-refractivity contribution in [3.8, 4) is 0 Å². The highest BCUT2D eigenvalue weighted by atomic mass is 35.5. The van der Waals surface area contributed by atoms with Gasteiger partial charge < -0.3 is 0 Å². The number of hydrogen-bond acceptors (Lipinski definition) is 0. The molecule has 0 rings (SSSR count). The zero-order valence-electron chi connectivity index (χ0n) is 4.54. The van der Waals surface area contributed by atoms with Gasteiger partial charge in [0.2, 0.25) is 0 Å². The van der Waals surface area contributed by atoms with Crippen LogP contribution in [0.5, 0.6) is 0 Å². The van der Waals surface area contributed by atoms with E-state index in [2.05, 4.69) is 6.92 Å². The van der Waals surface area contributed by atoms with Crippen molar-refractivity contribution in [3.63, 3.8) is 0 Å². The lowest BCUT2D eigenvalue weighted by Gasteiger charge is -2.04. The molecule has 0 heterocycles. The molecule has 0 spiro atoms. The molecule has 0 N–H and O–H groups in total. The molecule has 0 nitrogen and oxygen atoms in total. The van der Waals surface area contributed by atoms with Gasteiger partial charge in [-0.15, -0.1) is 0 Å². The topological polar surface area (TPSA) is 0 Å². The first-order valence-corrected chi connectivity index (χ1v) is 3.12. The standard InChI is InChI=1S/C5H9Cl2/c1-3-4(2)5(6)7/h4H,3H2,1-2H3. The normalized spacial score (nSPS) is 15.0. The van der Waals surface area contributed by atoms with Crippen LogP contribution >= 0.6 is 23.2 Å². The largest absolute Gasteiger partial charge is 0.153 e. The molecule has 43 valence electrons. The highest BCUT2D eigenvalue weighted by Crippen LogP contribution is 2.24. The lowest BCUT2D eigenvalue weighted by molar-refractivity contribution is 0.664. The lowest BCUT2D eigenvalue weighted by atomic mass is 10.2. The number of hydrogen-bond donors (Lipinski definition) is 0. The van der Waals surface area contributed by atoms with E-state index in [9.17, 15) is 0 Å². The predicted molar refractivity (Wildman–Crippen MR) is 34.4 cm³/mol. The van der Waals surface area contributed by atoms with Crippen molar-refractivity contribution in [1.29, 1.82) is 0 Å². The van der Waals surface area contributed by atoms with Gasteiger partial charge in [-0.25, -0.2) is 0 Å². The Bertz CT molecular complexity index is 43.3. The fourth-order valence-electron chi connectivity index (χ4n) is 0.154. The van der Waals surface area contributed by atoms with Crippen LogP contribution in [0.4, 0.5) is 0 Å². The summed E-state index contributed by atoms with van der Waals surface area (Å²) in [7, 11) is 0. The Hall–Kier alpha value is 0.580. The minimum Gasteiger partial charge on any atom is -0.0980 e. The second-order valence-electron chi connectivity index (χ2n) is 1.60. The minimum atomic E-state index is 0.350. The van der Waals surface area contributed by atoms with E-state index in [4.69, 9.17) is 23.2 Å². The molecule has 0 aliphatic heterocycles. The first-order valence-electron chi connectivity index (χ1n) is 2.36. The van der Waals surface area contributed by atoms with E-state index >= 15 is 0 Å². The molecule has 0 aromatic heterocycles. The van der Waals surface area contributed by atoms with Crippen molar-refractivity contribution in [2.75, 3.05) is 0 Å². The van der Waals surface area contributed by atoms with E-state index in [-0.39, 0.29) is 0 Å². The summed E-state index contributed by atoms with van der Waals surface area (Å²) in [6.45, 7) is 4.05. The molecule has 1 unspecified atom stereocenters. The third-order valence-electron chi connectivity index (χ3n) is 0.985. The Morgan fingerprint density at radius 2 is 2.00 bits per heavy atom. The molecule has 1 atom stereocenters. The van der Waals surface area contributed by atoms with Gasteiger partial charge in [-0.3, -0.25) is 0 Å². The molecular formula is C5H9Cl2. The zero-order valence-corrected chi connectivity index (χ0v) is 6.05. The van der Waals surface area contributed by atoms with E-state index in [0.717, 1.165) is 6.42 Å². The van der Waals surface area contributed by atoms with Crippen molar-refractivity contribution in [3.05, 3.63) is 4.84 Å². The van der Waals surface area contributed by atoms with Crippen molar-refractivity contribution in [2.45, 2.75) is 20.3 Å². The molecule has 0 saturated heterocycles. The van der Waals surface area contributed by atoms with Gasteiger partial charge in [0.05, 0.1) is 0 Å². The first-order chi connectivity index (χ1) is 3.18. The molecule has 2 heteroatoms. The van der Waals surface area contributed by atoms with Crippen LogP contribution in [0.2, 0.25) is 0 Å². The summed E-state index contributed by atoms with van der Waals surface area (Å²) in [6, 6.07) is 0. The van der Waals surface area contributed by atoms with Gasteiger partial charge in [0.15, 0.2) is 4.84 Å². The van der Waals surface area contributed by atoms with Crippen molar-refractivity contribution < 1.29 is 0 Å². The fraction of sp³-hybridized carbons (Fsp3) is 0.800. The number of halogens is 2. The first kappa shape index (κ1) is 7.58. The Morgan fingerprint density at radius 3 is 2.00 bits per heavy atom. The van der Waals surface area contributed by atoms with Crippen molar-refractivity contribution >= 4 is 23.2 Å². The molecule has 0 aromatic rings. The van der Waals surface area contributed by atoms with Crippen LogP contribution in [-0.4, -0.2) is 0 Å². The monoisotopic (exact) mass is 139 g/mol. The van der Waals surface area contributed by atoms with Gasteiger partial charge in [-0.05, 0) is 5.92 Å². The summed E-state index contributed by atoms with van der Waals surface area (Å²) in [6.07, 6.45) is 1.02. The van der Waals surface area contributed by atoms with Crippen LogP contribution < -0.4 is 0 Å². The van der Waals surface area contributed by atoms with E-state index < -0.39 is 0 Å². The summed E-state index contributed by atoms with van der Waals surface area (Å²) in [4.78, 5) is 0.488. The van der Waals surface area contributed by atoms with Crippen LogP contribution in [0.3, 0.4) is 0 Å². The molecule has 0 amide bonds. The lowest BCUT2D eigenvalue weighted by Crippen LogP contribution is -1.92. The maximum atomic E-state index is 5.41. The SMILES string of the molecule is CCC(C)[C](Cl)Cl. The second kappa shape index (κ2) is 3.57. The highest BCUT2D eigenvalue weighted by molar-refractivity contribution is 6.52. The summed E-state index contributed by atoms with van der Waals surface area (Å²) in [5.74, 6) is 0.350. The van der Waals surface area contributed by atoms with Crippen LogP contribution in [0.15, 0.2) is 0 Å². The van der Waals surface area contributed by atoms with Crippen LogP contribution in [0, 0.1) is 10.8 Å². The molecule has 0 aliphatic carbocycles. The molecular weight excluding hydrogens is 131 g/mol. The third-order valence-corrected chi connectivity index (χ3v) is 1.73. The third kappa shape index (κ3) is 3.19. The smallest absolute Gasteiger partial charge is 0.0980 e. The van der Waals surface area contributed by atoms with E-state index in [0.29, 0.717) is 10.8 Å². The summed E-state index contributed by atoms with van der Waals surface area (Å²) in [5, 5.41) is 0. The summed E-state index contributed by atoms with van der Waals surface area (Å²) < 4.78 is 0. The van der Waals surface area contributed by atoms with Gasteiger partial charge in [-0.2, -0.15) is 0 Å². The zero-order chi connectivity index (χ0) is 5.86. The number of rotatable bonds is 2. The Morgan fingerprint density at radius 1 is 1.57 bits per heavy atom. The highest BCUT2D eigenvalue weighted by Gasteiger charge is 2.07.